The van der Waals surface area contributed by atoms with E-state index in [1.165, 1.54) is 7.11 Å². The molecule has 0 aliphatic carbocycles. The molecule has 0 saturated carbocycles. The summed E-state index contributed by atoms with van der Waals surface area (Å²) in [5, 5.41) is 12.8. The second kappa shape index (κ2) is 6.83. The van der Waals surface area contributed by atoms with Gasteiger partial charge in [-0.05, 0) is 37.3 Å². The fraction of sp³-hybridized carbons (Fsp3) is 0.167. The molecule has 0 spiro atoms. The fourth-order valence-corrected chi connectivity index (χ4v) is 2.72. The van der Waals surface area contributed by atoms with Crippen LogP contribution in [0.2, 0.25) is 5.02 Å². The lowest BCUT2D eigenvalue weighted by Gasteiger charge is -2.15. The van der Waals surface area contributed by atoms with Crippen molar-refractivity contribution in [1.29, 1.82) is 5.26 Å². The Labute approximate surface area is 149 Å². The number of hydrogen-bond donors (Lipinski definition) is 2. The van der Waals surface area contributed by atoms with E-state index >= 15 is 0 Å². The molecule has 1 unspecified atom stereocenters. The first-order chi connectivity index (χ1) is 12.0. The van der Waals surface area contributed by atoms with E-state index in [9.17, 15) is 4.79 Å². The Bertz CT molecular complexity index is 1040. The third kappa shape index (κ3) is 3.42. The first kappa shape index (κ1) is 16.8. The zero-order chi connectivity index (χ0) is 18.0. The molecule has 1 heterocycles. The number of H-pyrrole nitrogens is 1. The third-order valence-corrected chi connectivity index (χ3v) is 4.03. The summed E-state index contributed by atoms with van der Waals surface area (Å²) in [4.78, 5) is 19.6. The van der Waals surface area contributed by atoms with E-state index in [1.54, 1.807) is 36.4 Å². The highest BCUT2D eigenvalue weighted by Gasteiger charge is 2.14. The first-order valence-electron chi connectivity index (χ1n) is 7.56. The van der Waals surface area contributed by atoms with Gasteiger partial charge in [-0.25, -0.2) is 4.98 Å². The van der Waals surface area contributed by atoms with Gasteiger partial charge in [0.15, 0.2) is 0 Å². The summed E-state index contributed by atoms with van der Waals surface area (Å²) >= 11 is 5.99. The molecule has 0 amide bonds. The van der Waals surface area contributed by atoms with Crippen LogP contribution >= 0.6 is 11.6 Å². The van der Waals surface area contributed by atoms with Crippen molar-refractivity contribution in [2.75, 3.05) is 12.4 Å². The predicted molar refractivity (Wildman–Crippen MR) is 97.1 cm³/mol. The molecule has 0 radical (unpaired) electrons. The van der Waals surface area contributed by atoms with Gasteiger partial charge in [-0.15, -0.1) is 0 Å². The molecule has 25 heavy (non-hydrogen) atoms. The van der Waals surface area contributed by atoms with Gasteiger partial charge < -0.3 is 15.0 Å². The number of rotatable bonds is 4. The van der Waals surface area contributed by atoms with E-state index in [-0.39, 0.29) is 11.6 Å². The van der Waals surface area contributed by atoms with Crippen molar-refractivity contribution in [3.8, 4) is 11.8 Å². The molecule has 6 nitrogen and oxygen atoms in total. The summed E-state index contributed by atoms with van der Waals surface area (Å²) in [6.45, 7) is 1.83. The lowest BCUT2D eigenvalue weighted by molar-refractivity contribution is 0.413. The molecule has 3 aromatic rings. The molecular formula is C18H15ClN4O2. The number of nitrogens with one attached hydrogen (secondary N) is 2. The van der Waals surface area contributed by atoms with Crippen molar-refractivity contribution in [2.45, 2.75) is 13.0 Å². The van der Waals surface area contributed by atoms with E-state index in [1.807, 2.05) is 6.92 Å². The third-order valence-electron chi connectivity index (χ3n) is 3.80. The van der Waals surface area contributed by atoms with Crippen LogP contribution in [0.4, 0.5) is 5.69 Å². The molecular weight excluding hydrogens is 340 g/mol. The van der Waals surface area contributed by atoms with Gasteiger partial charge in [0, 0.05) is 16.8 Å². The highest BCUT2D eigenvalue weighted by molar-refractivity contribution is 6.31. The number of hydrogen-bond acceptors (Lipinski definition) is 5. The summed E-state index contributed by atoms with van der Waals surface area (Å²) < 4.78 is 5.20. The molecule has 7 heteroatoms. The van der Waals surface area contributed by atoms with E-state index in [0.717, 1.165) is 5.69 Å². The topological polar surface area (TPSA) is 90.8 Å². The number of benzene rings is 2. The van der Waals surface area contributed by atoms with Crippen molar-refractivity contribution >= 4 is 28.3 Å². The second-order valence-corrected chi connectivity index (χ2v) is 5.94. The smallest absolute Gasteiger partial charge is 0.272 e. The largest absolute Gasteiger partial charge is 0.495 e. The standard InChI is InChI=1S/C18H15ClN4O2/c1-10(21-13-5-3-11(9-20)16(8-13)25-2)17-18(24)23-14-6-4-12(19)7-15(14)22-17/h3-8,10,21H,1-2H3,(H,23,24). The Morgan fingerprint density at radius 3 is 2.84 bits per heavy atom. The zero-order valence-electron chi connectivity index (χ0n) is 13.6. The van der Waals surface area contributed by atoms with Gasteiger partial charge in [-0.3, -0.25) is 4.79 Å². The van der Waals surface area contributed by atoms with Crippen molar-refractivity contribution in [3.63, 3.8) is 0 Å². The van der Waals surface area contributed by atoms with Gasteiger partial charge in [0.1, 0.15) is 17.5 Å². The summed E-state index contributed by atoms with van der Waals surface area (Å²) in [5.74, 6) is 0.465. The number of aromatic nitrogens is 2. The van der Waals surface area contributed by atoms with Crippen LogP contribution in [-0.4, -0.2) is 17.1 Å². The number of ether oxygens (including phenoxy) is 1. The van der Waals surface area contributed by atoms with Crippen LogP contribution in [0.5, 0.6) is 5.75 Å². The summed E-state index contributed by atoms with van der Waals surface area (Å²) in [5.41, 5.74) is 2.49. The highest BCUT2D eigenvalue weighted by atomic mass is 35.5. The molecule has 1 aromatic heterocycles. The maximum Gasteiger partial charge on any atom is 0.272 e. The van der Waals surface area contributed by atoms with Crippen LogP contribution in [0, 0.1) is 11.3 Å². The van der Waals surface area contributed by atoms with Gasteiger partial charge in [0.25, 0.3) is 5.56 Å². The van der Waals surface area contributed by atoms with Gasteiger partial charge >= 0.3 is 0 Å². The molecule has 126 valence electrons. The van der Waals surface area contributed by atoms with E-state index in [2.05, 4.69) is 21.4 Å². The second-order valence-electron chi connectivity index (χ2n) is 5.51. The van der Waals surface area contributed by atoms with Crippen molar-refractivity contribution in [3.05, 3.63) is 63.0 Å². The molecule has 0 aliphatic rings. The normalized spacial score (nSPS) is 11.8. The average Bonchev–Trinajstić information content (AvgIpc) is 2.61. The summed E-state index contributed by atoms with van der Waals surface area (Å²) in [7, 11) is 1.50. The molecule has 0 aliphatic heterocycles. The number of anilines is 1. The van der Waals surface area contributed by atoms with Gasteiger partial charge in [0.05, 0.1) is 29.7 Å². The number of halogens is 1. The lowest BCUT2D eigenvalue weighted by Crippen LogP contribution is -2.21. The number of fused-ring (bicyclic) bond motifs is 1. The number of methoxy groups -OCH3 is 1. The minimum absolute atomic E-state index is 0.268. The van der Waals surface area contributed by atoms with Gasteiger partial charge in [0.2, 0.25) is 0 Å². The van der Waals surface area contributed by atoms with Crippen LogP contribution < -0.4 is 15.6 Å². The maximum absolute atomic E-state index is 12.3. The van der Waals surface area contributed by atoms with Crippen molar-refractivity contribution < 1.29 is 4.74 Å². The first-order valence-corrected chi connectivity index (χ1v) is 7.94. The molecule has 0 fully saturated rings. The van der Waals surface area contributed by atoms with Crippen LogP contribution in [0.15, 0.2) is 41.2 Å². The SMILES string of the molecule is COc1cc(NC(C)c2nc3cc(Cl)ccc3[nH]c2=O)ccc1C#N. The molecule has 2 aromatic carbocycles. The van der Waals surface area contributed by atoms with Crippen molar-refractivity contribution in [2.24, 2.45) is 0 Å². The molecule has 3 rings (SSSR count). The summed E-state index contributed by atoms with van der Waals surface area (Å²) in [6.07, 6.45) is 0. The van der Waals surface area contributed by atoms with E-state index < -0.39 is 0 Å². The minimum Gasteiger partial charge on any atom is -0.495 e. The predicted octanol–water partition coefficient (Wildman–Crippen LogP) is 3.63. The van der Waals surface area contributed by atoms with Crippen LogP contribution in [0.25, 0.3) is 11.0 Å². The Morgan fingerprint density at radius 2 is 2.12 bits per heavy atom. The molecule has 0 bridgehead atoms. The zero-order valence-corrected chi connectivity index (χ0v) is 14.4. The molecule has 2 N–H and O–H groups in total. The van der Waals surface area contributed by atoms with Crippen LogP contribution in [0.3, 0.4) is 0 Å². The summed E-state index contributed by atoms with van der Waals surface area (Å²) in [6, 6.07) is 11.9. The fourth-order valence-electron chi connectivity index (χ4n) is 2.56. The molecule has 1 atom stereocenters. The van der Waals surface area contributed by atoms with Crippen LogP contribution in [-0.2, 0) is 0 Å². The Balaban J connectivity index is 1.94. The maximum atomic E-state index is 12.3. The minimum atomic E-state index is -0.357. The quantitative estimate of drug-likeness (QED) is 0.746. The average molecular weight is 355 g/mol. The van der Waals surface area contributed by atoms with E-state index in [0.29, 0.717) is 33.1 Å². The van der Waals surface area contributed by atoms with Crippen LogP contribution in [0.1, 0.15) is 24.2 Å². The lowest BCUT2D eigenvalue weighted by atomic mass is 10.1. The number of aromatic amines is 1. The highest BCUT2D eigenvalue weighted by Crippen LogP contribution is 2.25. The van der Waals surface area contributed by atoms with Crippen molar-refractivity contribution in [1.82, 2.24) is 9.97 Å². The molecule has 0 saturated heterocycles. The number of nitrogens with zero attached hydrogens (tertiary/aromatic N) is 2. The van der Waals surface area contributed by atoms with Gasteiger partial charge in [-0.2, -0.15) is 5.26 Å². The van der Waals surface area contributed by atoms with E-state index in [4.69, 9.17) is 21.6 Å². The Hall–Kier alpha value is -3.04. The van der Waals surface area contributed by atoms with Gasteiger partial charge in [-0.1, -0.05) is 11.6 Å². The Kier molecular flexibility index (Phi) is 4.59. The monoisotopic (exact) mass is 354 g/mol. The Morgan fingerprint density at radius 1 is 1.32 bits per heavy atom. The number of nitriles is 1.